The lowest BCUT2D eigenvalue weighted by atomic mass is 10.0. The molecule has 2 nitrogen and oxygen atoms in total. The van der Waals surface area contributed by atoms with Crippen molar-refractivity contribution in [1.29, 1.82) is 0 Å². The van der Waals surface area contributed by atoms with Crippen molar-refractivity contribution in [3.05, 3.63) is 0 Å². The van der Waals surface area contributed by atoms with Crippen molar-refractivity contribution in [3.63, 3.8) is 0 Å². The minimum atomic E-state index is 0.350. The molecule has 0 spiro atoms. The topological polar surface area (TPSA) is 24.1 Å². The van der Waals surface area contributed by atoms with Crippen LogP contribution >= 0.6 is 0 Å². The van der Waals surface area contributed by atoms with Gasteiger partial charge in [-0.1, -0.05) is 19.8 Å². The highest BCUT2D eigenvalue weighted by Gasteiger charge is 2.29. The number of rotatable bonds is 5. The van der Waals surface area contributed by atoms with Crippen LogP contribution < -0.4 is 10.6 Å². The van der Waals surface area contributed by atoms with Gasteiger partial charge in [-0.3, -0.25) is 0 Å². The Balaban J connectivity index is 2.04. The van der Waals surface area contributed by atoms with E-state index in [1.54, 1.807) is 0 Å². The van der Waals surface area contributed by atoms with E-state index < -0.39 is 0 Å². The normalized spacial score (nSPS) is 26.5. The highest BCUT2D eigenvalue weighted by Crippen LogP contribution is 2.17. The largest absolute Gasteiger partial charge is 0.313 e. The van der Waals surface area contributed by atoms with Gasteiger partial charge in [0, 0.05) is 18.1 Å². The SMILES string of the molecule is CCCCCNC1CNC(C)(C)C1. The molecule has 13 heavy (non-hydrogen) atoms. The quantitative estimate of drug-likeness (QED) is 0.638. The van der Waals surface area contributed by atoms with Crippen molar-refractivity contribution in [2.24, 2.45) is 0 Å². The molecule has 0 aromatic rings. The Kier molecular flexibility index (Phi) is 4.20. The van der Waals surface area contributed by atoms with Crippen molar-refractivity contribution >= 4 is 0 Å². The molecule has 1 heterocycles. The molecule has 0 bridgehead atoms. The molecule has 1 fully saturated rings. The first-order valence-electron chi connectivity index (χ1n) is 5.62. The molecule has 0 radical (unpaired) electrons. The van der Waals surface area contributed by atoms with Crippen LogP contribution in [0.1, 0.15) is 46.5 Å². The Labute approximate surface area is 82.5 Å². The van der Waals surface area contributed by atoms with Crippen LogP contribution in [0, 0.1) is 0 Å². The van der Waals surface area contributed by atoms with Gasteiger partial charge in [0.2, 0.25) is 0 Å². The first-order valence-corrected chi connectivity index (χ1v) is 5.62. The fourth-order valence-electron chi connectivity index (χ4n) is 1.99. The molecule has 1 aliphatic heterocycles. The van der Waals surface area contributed by atoms with Gasteiger partial charge >= 0.3 is 0 Å². The fourth-order valence-corrected chi connectivity index (χ4v) is 1.99. The molecule has 0 aliphatic carbocycles. The van der Waals surface area contributed by atoms with Crippen molar-refractivity contribution in [3.8, 4) is 0 Å². The lowest BCUT2D eigenvalue weighted by Crippen LogP contribution is -2.32. The number of nitrogens with one attached hydrogen (secondary N) is 2. The molecule has 1 rings (SSSR count). The highest BCUT2D eigenvalue weighted by molar-refractivity contribution is 4.92. The predicted molar refractivity (Wildman–Crippen MR) is 58.0 cm³/mol. The van der Waals surface area contributed by atoms with Crippen LogP contribution in [0.5, 0.6) is 0 Å². The zero-order valence-corrected chi connectivity index (χ0v) is 9.32. The Bertz CT molecular complexity index is 143. The summed E-state index contributed by atoms with van der Waals surface area (Å²) in [6.45, 7) is 9.14. The Morgan fingerprint density at radius 1 is 1.38 bits per heavy atom. The summed E-state index contributed by atoms with van der Waals surface area (Å²) in [5, 5.41) is 7.13. The summed E-state index contributed by atoms with van der Waals surface area (Å²) in [7, 11) is 0. The van der Waals surface area contributed by atoms with Crippen LogP contribution in [0.3, 0.4) is 0 Å². The zero-order valence-electron chi connectivity index (χ0n) is 9.32. The Morgan fingerprint density at radius 2 is 2.15 bits per heavy atom. The monoisotopic (exact) mass is 184 g/mol. The first kappa shape index (κ1) is 11.0. The maximum atomic E-state index is 3.61. The van der Waals surface area contributed by atoms with E-state index in [9.17, 15) is 0 Å². The Morgan fingerprint density at radius 3 is 2.69 bits per heavy atom. The van der Waals surface area contributed by atoms with Crippen LogP contribution in [0.4, 0.5) is 0 Å². The van der Waals surface area contributed by atoms with E-state index in [2.05, 4.69) is 31.4 Å². The summed E-state index contributed by atoms with van der Waals surface area (Å²) >= 11 is 0. The minimum absolute atomic E-state index is 0.350. The van der Waals surface area contributed by atoms with E-state index in [1.807, 2.05) is 0 Å². The molecular formula is C11H24N2. The lowest BCUT2D eigenvalue weighted by Gasteiger charge is -2.17. The molecule has 1 aliphatic rings. The fraction of sp³-hybridized carbons (Fsp3) is 1.00. The average molecular weight is 184 g/mol. The third-order valence-corrected chi connectivity index (χ3v) is 2.80. The number of unbranched alkanes of at least 4 members (excludes halogenated alkanes) is 2. The Hall–Kier alpha value is -0.0800. The molecule has 2 heteroatoms. The lowest BCUT2D eigenvalue weighted by molar-refractivity contribution is 0.440. The summed E-state index contributed by atoms with van der Waals surface area (Å²) in [5.74, 6) is 0. The molecule has 0 aromatic heterocycles. The van der Waals surface area contributed by atoms with Gasteiger partial charge in [0.1, 0.15) is 0 Å². The third-order valence-electron chi connectivity index (χ3n) is 2.80. The smallest absolute Gasteiger partial charge is 0.0210 e. The van der Waals surface area contributed by atoms with Crippen molar-refractivity contribution in [2.45, 2.75) is 58.0 Å². The predicted octanol–water partition coefficient (Wildman–Crippen LogP) is 1.91. The van der Waals surface area contributed by atoms with E-state index in [0.29, 0.717) is 11.6 Å². The van der Waals surface area contributed by atoms with Crippen molar-refractivity contribution in [1.82, 2.24) is 10.6 Å². The van der Waals surface area contributed by atoms with Gasteiger partial charge in [0.05, 0.1) is 0 Å². The molecule has 1 unspecified atom stereocenters. The van der Waals surface area contributed by atoms with Crippen LogP contribution in [0.15, 0.2) is 0 Å². The van der Waals surface area contributed by atoms with Crippen LogP contribution in [0.2, 0.25) is 0 Å². The maximum absolute atomic E-state index is 3.61. The number of hydrogen-bond donors (Lipinski definition) is 2. The maximum Gasteiger partial charge on any atom is 0.0210 e. The van der Waals surface area contributed by atoms with Gasteiger partial charge in [-0.2, -0.15) is 0 Å². The second-order valence-corrected chi connectivity index (χ2v) is 4.83. The van der Waals surface area contributed by atoms with E-state index in [4.69, 9.17) is 0 Å². The van der Waals surface area contributed by atoms with E-state index in [-0.39, 0.29) is 0 Å². The molecule has 2 N–H and O–H groups in total. The van der Waals surface area contributed by atoms with E-state index in [1.165, 1.54) is 32.2 Å². The van der Waals surface area contributed by atoms with Gasteiger partial charge < -0.3 is 10.6 Å². The van der Waals surface area contributed by atoms with Crippen LogP contribution in [-0.2, 0) is 0 Å². The first-order chi connectivity index (χ1) is 6.14. The number of hydrogen-bond acceptors (Lipinski definition) is 2. The molecule has 1 saturated heterocycles. The van der Waals surface area contributed by atoms with Gasteiger partial charge in [-0.05, 0) is 33.2 Å². The summed E-state index contributed by atoms with van der Waals surface area (Å²) in [4.78, 5) is 0. The summed E-state index contributed by atoms with van der Waals surface area (Å²) in [6.07, 6.45) is 5.26. The van der Waals surface area contributed by atoms with Crippen molar-refractivity contribution < 1.29 is 0 Å². The van der Waals surface area contributed by atoms with Gasteiger partial charge in [0.25, 0.3) is 0 Å². The molecule has 0 amide bonds. The second-order valence-electron chi connectivity index (χ2n) is 4.83. The molecule has 0 saturated carbocycles. The summed E-state index contributed by atoms with van der Waals surface area (Å²) < 4.78 is 0. The standard InChI is InChI=1S/C11H24N2/c1-4-5-6-7-12-10-8-11(2,3)13-9-10/h10,12-13H,4-9H2,1-3H3. The molecule has 0 aromatic carbocycles. The van der Waals surface area contributed by atoms with Crippen LogP contribution in [0.25, 0.3) is 0 Å². The highest BCUT2D eigenvalue weighted by atomic mass is 15.1. The van der Waals surface area contributed by atoms with Gasteiger partial charge in [0.15, 0.2) is 0 Å². The summed E-state index contributed by atoms with van der Waals surface area (Å²) in [6, 6.07) is 0.701. The average Bonchev–Trinajstić information content (AvgIpc) is 2.40. The summed E-state index contributed by atoms with van der Waals surface area (Å²) in [5.41, 5.74) is 0.350. The van der Waals surface area contributed by atoms with E-state index >= 15 is 0 Å². The van der Waals surface area contributed by atoms with Gasteiger partial charge in [-0.25, -0.2) is 0 Å². The third kappa shape index (κ3) is 4.10. The molecule has 78 valence electrons. The van der Waals surface area contributed by atoms with Crippen LogP contribution in [-0.4, -0.2) is 24.7 Å². The van der Waals surface area contributed by atoms with Gasteiger partial charge in [-0.15, -0.1) is 0 Å². The second kappa shape index (κ2) is 4.97. The minimum Gasteiger partial charge on any atom is -0.313 e. The van der Waals surface area contributed by atoms with E-state index in [0.717, 1.165) is 6.54 Å². The van der Waals surface area contributed by atoms with Crippen molar-refractivity contribution in [2.75, 3.05) is 13.1 Å². The zero-order chi connectivity index (χ0) is 9.73. The molecular weight excluding hydrogens is 160 g/mol. The molecule has 1 atom stereocenters.